The van der Waals surface area contributed by atoms with E-state index in [1.165, 1.54) is 0 Å². The number of para-hydroxylation sites is 1. The number of alkyl carbamates (subject to hydrolysis) is 1. The minimum absolute atomic E-state index is 0.269. The number of ether oxygens (including phenoxy) is 1. The van der Waals surface area contributed by atoms with Crippen molar-refractivity contribution in [1.29, 1.82) is 0 Å². The van der Waals surface area contributed by atoms with E-state index in [0.29, 0.717) is 22.8 Å². The molecular weight excluding hydrogens is 320 g/mol. The van der Waals surface area contributed by atoms with E-state index >= 15 is 0 Å². The molecule has 0 radical (unpaired) electrons. The number of halogens is 1. The molecule has 0 unspecified atom stereocenters. The SMILES string of the molecule is CC(C)(C)OC(=O)N[C@H]1CN(c2c(Cl)cccc2C=O)C[C@@H]1O. The molecule has 2 atom stereocenters. The van der Waals surface area contributed by atoms with Gasteiger partial charge in [0, 0.05) is 18.7 Å². The van der Waals surface area contributed by atoms with Gasteiger partial charge >= 0.3 is 6.09 Å². The van der Waals surface area contributed by atoms with Crippen LogP contribution in [0.3, 0.4) is 0 Å². The lowest BCUT2D eigenvalue weighted by molar-refractivity contribution is 0.0461. The third-order valence-electron chi connectivity index (χ3n) is 3.45. The molecule has 1 aromatic rings. The van der Waals surface area contributed by atoms with Gasteiger partial charge in [-0.2, -0.15) is 0 Å². The van der Waals surface area contributed by atoms with Crippen LogP contribution >= 0.6 is 11.6 Å². The molecule has 0 aromatic heterocycles. The Morgan fingerprint density at radius 2 is 2.13 bits per heavy atom. The van der Waals surface area contributed by atoms with E-state index < -0.39 is 23.8 Å². The summed E-state index contributed by atoms with van der Waals surface area (Å²) in [5.41, 5.74) is 0.403. The summed E-state index contributed by atoms with van der Waals surface area (Å²) in [6, 6.07) is 4.54. The van der Waals surface area contributed by atoms with Crippen molar-refractivity contribution in [2.24, 2.45) is 0 Å². The van der Waals surface area contributed by atoms with Crippen molar-refractivity contribution in [3.05, 3.63) is 28.8 Å². The summed E-state index contributed by atoms with van der Waals surface area (Å²) in [5, 5.41) is 13.3. The Kier molecular flexibility index (Phi) is 5.16. The van der Waals surface area contributed by atoms with Crippen LogP contribution in [0, 0.1) is 0 Å². The van der Waals surface area contributed by atoms with Gasteiger partial charge in [0.1, 0.15) is 5.60 Å². The van der Waals surface area contributed by atoms with Crippen LogP contribution in [0.25, 0.3) is 0 Å². The smallest absolute Gasteiger partial charge is 0.408 e. The molecule has 6 nitrogen and oxygen atoms in total. The Balaban J connectivity index is 2.10. The third-order valence-corrected chi connectivity index (χ3v) is 3.76. The van der Waals surface area contributed by atoms with Crippen LogP contribution in [-0.2, 0) is 4.74 Å². The Labute approximate surface area is 140 Å². The second kappa shape index (κ2) is 6.76. The van der Waals surface area contributed by atoms with Gasteiger partial charge in [-0.15, -0.1) is 0 Å². The molecule has 2 rings (SSSR count). The molecule has 1 amide bonds. The first-order valence-corrected chi connectivity index (χ1v) is 7.75. The number of benzene rings is 1. The molecule has 23 heavy (non-hydrogen) atoms. The number of hydrogen-bond acceptors (Lipinski definition) is 5. The number of nitrogens with one attached hydrogen (secondary N) is 1. The van der Waals surface area contributed by atoms with Crippen LogP contribution < -0.4 is 10.2 Å². The predicted octanol–water partition coefficient (Wildman–Crippen LogP) is 2.23. The quantitative estimate of drug-likeness (QED) is 0.825. The van der Waals surface area contributed by atoms with Crippen molar-refractivity contribution in [1.82, 2.24) is 5.32 Å². The Morgan fingerprint density at radius 3 is 2.74 bits per heavy atom. The highest BCUT2D eigenvalue weighted by molar-refractivity contribution is 6.34. The van der Waals surface area contributed by atoms with Crippen LogP contribution in [0.5, 0.6) is 0 Å². The van der Waals surface area contributed by atoms with E-state index in [-0.39, 0.29) is 6.54 Å². The van der Waals surface area contributed by atoms with Crippen LogP contribution in [0.1, 0.15) is 31.1 Å². The Bertz CT molecular complexity index is 600. The van der Waals surface area contributed by atoms with E-state index in [4.69, 9.17) is 16.3 Å². The van der Waals surface area contributed by atoms with Gasteiger partial charge in [0.05, 0.1) is 22.9 Å². The van der Waals surface area contributed by atoms with Gasteiger partial charge in [0.2, 0.25) is 0 Å². The second-order valence-electron chi connectivity index (χ2n) is 6.52. The number of amides is 1. The lowest BCUT2D eigenvalue weighted by Crippen LogP contribution is -2.45. The minimum atomic E-state index is -0.779. The lowest BCUT2D eigenvalue weighted by atomic mass is 10.2. The molecule has 1 aromatic carbocycles. The molecule has 1 aliphatic heterocycles. The predicted molar refractivity (Wildman–Crippen MR) is 88.2 cm³/mol. The van der Waals surface area contributed by atoms with Crippen molar-refractivity contribution in [3.63, 3.8) is 0 Å². The first kappa shape index (κ1) is 17.6. The maximum absolute atomic E-state index is 11.8. The number of hydrogen-bond donors (Lipinski definition) is 2. The first-order chi connectivity index (χ1) is 10.7. The standard InChI is InChI=1S/C16H21ClN2O4/c1-16(2,3)23-15(22)18-12-7-19(8-13(12)21)14-10(9-20)5-4-6-11(14)17/h4-6,9,12-13,21H,7-8H2,1-3H3,(H,18,22)/t12-,13-/m0/s1. The molecule has 1 saturated heterocycles. The zero-order valence-electron chi connectivity index (χ0n) is 13.4. The van der Waals surface area contributed by atoms with Crippen molar-refractivity contribution >= 4 is 29.7 Å². The van der Waals surface area contributed by atoms with Crippen LogP contribution in [-0.4, -0.2) is 48.3 Å². The number of nitrogens with zero attached hydrogens (tertiary/aromatic N) is 1. The highest BCUT2D eigenvalue weighted by atomic mass is 35.5. The van der Waals surface area contributed by atoms with Gasteiger partial charge in [-0.05, 0) is 32.9 Å². The average Bonchev–Trinajstić information content (AvgIpc) is 2.77. The molecule has 7 heteroatoms. The molecule has 0 spiro atoms. The fourth-order valence-corrected chi connectivity index (χ4v) is 2.83. The van der Waals surface area contributed by atoms with Gasteiger partial charge in [-0.3, -0.25) is 4.79 Å². The zero-order valence-corrected chi connectivity index (χ0v) is 14.1. The Morgan fingerprint density at radius 1 is 1.43 bits per heavy atom. The molecule has 1 heterocycles. The summed E-state index contributed by atoms with van der Waals surface area (Å²) >= 11 is 6.18. The highest BCUT2D eigenvalue weighted by Crippen LogP contribution is 2.31. The van der Waals surface area contributed by atoms with Crippen LogP contribution in [0.2, 0.25) is 5.02 Å². The molecule has 0 saturated carbocycles. The molecule has 1 aliphatic rings. The second-order valence-corrected chi connectivity index (χ2v) is 6.93. The molecule has 1 fully saturated rings. The highest BCUT2D eigenvalue weighted by Gasteiger charge is 2.35. The van der Waals surface area contributed by atoms with Crippen molar-refractivity contribution in [2.75, 3.05) is 18.0 Å². The van der Waals surface area contributed by atoms with Crippen molar-refractivity contribution < 1.29 is 19.4 Å². The Hall–Kier alpha value is -1.79. The molecule has 0 aliphatic carbocycles. The van der Waals surface area contributed by atoms with Gasteiger partial charge < -0.3 is 20.1 Å². The van der Waals surface area contributed by atoms with Gasteiger partial charge in [0.15, 0.2) is 6.29 Å². The summed E-state index contributed by atoms with van der Waals surface area (Å²) < 4.78 is 5.20. The summed E-state index contributed by atoms with van der Waals surface area (Å²) in [6.07, 6.45) is -0.640. The van der Waals surface area contributed by atoms with E-state index in [9.17, 15) is 14.7 Å². The first-order valence-electron chi connectivity index (χ1n) is 7.37. The van der Waals surface area contributed by atoms with Gasteiger partial charge in [0.25, 0.3) is 0 Å². The number of carbonyl (C=O) groups is 2. The van der Waals surface area contributed by atoms with Crippen LogP contribution in [0.15, 0.2) is 18.2 Å². The van der Waals surface area contributed by atoms with Gasteiger partial charge in [-0.1, -0.05) is 17.7 Å². The average molecular weight is 341 g/mol. The van der Waals surface area contributed by atoms with Gasteiger partial charge in [-0.25, -0.2) is 4.79 Å². The molecule has 0 bridgehead atoms. The number of rotatable bonds is 3. The number of β-amino-alcohol motifs (C(OH)–C–C–N with tert-alkyl or cyclic N) is 1. The number of aldehydes is 1. The fourth-order valence-electron chi connectivity index (χ4n) is 2.53. The summed E-state index contributed by atoms with van der Waals surface area (Å²) in [6.45, 7) is 5.91. The zero-order chi connectivity index (χ0) is 17.2. The summed E-state index contributed by atoms with van der Waals surface area (Å²) in [7, 11) is 0. The number of aliphatic hydroxyl groups is 1. The largest absolute Gasteiger partial charge is 0.444 e. The van der Waals surface area contributed by atoms with Crippen LogP contribution in [0.4, 0.5) is 10.5 Å². The maximum atomic E-state index is 11.8. The lowest BCUT2D eigenvalue weighted by Gasteiger charge is -2.23. The van der Waals surface area contributed by atoms with Crippen molar-refractivity contribution in [3.8, 4) is 0 Å². The molecule has 126 valence electrons. The van der Waals surface area contributed by atoms with Crippen molar-refractivity contribution in [2.45, 2.75) is 38.5 Å². The maximum Gasteiger partial charge on any atom is 0.408 e. The normalized spacial score (nSPS) is 21.2. The van der Waals surface area contributed by atoms with E-state index in [2.05, 4.69) is 5.32 Å². The monoisotopic (exact) mass is 340 g/mol. The fraction of sp³-hybridized carbons (Fsp3) is 0.500. The topological polar surface area (TPSA) is 78.9 Å². The number of aliphatic hydroxyl groups excluding tert-OH is 1. The van der Waals surface area contributed by atoms with E-state index in [0.717, 1.165) is 6.29 Å². The summed E-state index contributed by atoms with van der Waals surface area (Å²) in [4.78, 5) is 24.8. The number of anilines is 1. The van der Waals surface area contributed by atoms with E-state index in [1.54, 1.807) is 43.9 Å². The molecule has 2 N–H and O–H groups in total. The van der Waals surface area contributed by atoms with E-state index in [1.807, 2.05) is 0 Å². The molecular formula is C16H21ClN2O4. The number of carbonyl (C=O) groups excluding carboxylic acids is 2. The third kappa shape index (κ3) is 4.36. The summed E-state index contributed by atoms with van der Waals surface area (Å²) in [5.74, 6) is 0. The minimum Gasteiger partial charge on any atom is -0.444 e.